The number of carbonyl (C=O) groups is 2. The van der Waals surface area contributed by atoms with Gasteiger partial charge in [-0.3, -0.25) is 4.79 Å². The summed E-state index contributed by atoms with van der Waals surface area (Å²) >= 11 is 0. The molecule has 2 rings (SSSR count). The Kier molecular flexibility index (Phi) is 4.70. The number of likely N-dealkylation sites (tertiary alicyclic amines) is 1. The van der Waals surface area contributed by atoms with Crippen molar-refractivity contribution in [2.75, 3.05) is 19.7 Å². The minimum absolute atomic E-state index is 0.0221. The fraction of sp³-hybridized carbons (Fsp3) is 0.692. The average molecular weight is 280 g/mol. The number of aromatic nitrogens is 3. The SMILES string of the molecule is CCCc1c(C(=O)OCC)nnn1CC(=O)N1CCC1. The summed E-state index contributed by atoms with van der Waals surface area (Å²) in [6.45, 7) is 5.80. The summed E-state index contributed by atoms with van der Waals surface area (Å²) in [6.07, 6.45) is 2.55. The van der Waals surface area contributed by atoms with Crippen LogP contribution in [0.4, 0.5) is 0 Å². The predicted octanol–water partition coefficient (Wildman–Crippen LogP) is 0.640. The van der Waals surface area contributed by atoms with Crippen molar-refractivity contribution in [3.63, 3.8) is 0 Å². The maximum atomic E-state index is 12.0. The van der Waals surface area contributed by atoms with Gasteiger partial charge in [0.15, 0.2) is 5.69 Å². The van der Waals surface area contributed by atoms with Gasteiger partial charge in [0.1, 0.15) is 6.54 Å². The summed E-state index contributed by atoms with van der Waals surface area (Å²) < 4.78 is 6.49. The van der Waals surface area contributed by atoms with Gasteiger partial charge < -0.3 is 9.64 Å². The van der Waals surface area contributed by atoms with Gasteiger partial charge in [0.05, 0.1) is 12.3 Å². The molecule has 7 heteroatoms. The molecule has 1 amide bonds. The van der Waals surface area contributed by atoms with Gasteiger partial charge in [-0.25, -0.2) is 9.48 Å². The van der Waals surface area contributed by atoms with Crippen molar-refractivity contribution < 1.29 is 14.3 Å². The Hall–Kier alpha value is -1.92. The molecule has 1 aliphatic heterocycles. The Bertz CT molecular complexity index is 494. The highest BCUT2D eigenvalue weighted by Crippen LogP contribution is 2.12. The molecule has 0 atom stereocenters. The fourth-order valence-corrected chi connectivity index (χ4v) is 2.10. The quantitative estimate of drug-likeness (QED) is 0.715. The number of nitrogens with zero attached hydrogens (tertiary/aromatic N) is 4. The second-order valence-electron chi connectivity index (χ2n) is 4.75. The number of hydrogen-bond acceptors (Lipinski definition) is 5. The van der Waals surface area contributed by atoms with E-state index in [1.165, 1.54) is 4.68 Å². The minimum Gasteiger partial charge on any atom is -0.461 e. The zero-order chi connectivity index (χ0) is 14.5. The van der Waals surface area contributed by atoms with Crippen LogP contribution in [0.2, 0.25) is 0 Å². The van der Waals surface area contributed by atoms with Crippen LogP contribution in [-0.2, 0) is 22.5 Å². The van der Waals surface area contributed by atoms with Crippen molar-refractivity contribution in [3.05, 3.63) is 11.4 Å². The van der Waals surface area contributed by atoms with Crippen molar-refractivity contribution in [2.45, 2.75) is 39.7 Å². The highest BCUT2D eigenvalue weighted by molar-refractivity contribution is 5.88. The van der Waals surface area contributed by atoms with Gasteiger partial charge in [-0.2, -0.15) is 0 Å². The van der Waals surface area contributed by atoms with Crippen LogP contribution in [0.1, 0.15) is 42.9 Å². The van der Waals surface area contributed by atoms with Crippen LogP contribution >= 0.6 is 0 Å². The maximum Gasteiger partial charge on any atom is 0.360 e. The van der Waals surface area contributed by atoms with E-state index in [9.17, 15) is 9.59 Å². The van der Waals surface area contributed by atoms with E-state index in [1.807, 2.05) is 6.92 Å². The normalized spacial score (nSPS) is 14.0. The predicted molar refractivity (Wildman–Crippen MR) is 71.2 cm³/mol. The molecular weight excluding hydrogens is 260 g/mol. The first-order chi connectivity index (χ1) is 9.67. The van der Waals surface area contributed by atoms with E-state index in [0.717, 1.165) is 25.9 Å². The molecule has 1 fully saturated rings. The molecule has 0 saturated carbocycles. The fourth-order valence-electron chi connectivity index (χ4n) is 2.10. The van der Waals surface area contributed by atoms with Crippen molar-refractivity contribution in [2.24, 2.45) is 0 Å². The number of rotatable bonds is 6. The first-order valence-corrected chi connectivity index (χ1v) is 7.04. The molecule has 110 valence electrons. The molecule has 1 aliphatic rings. The topological polar surface area (TPSA) is 77.3 Å². The monoisotopic (exact) mass is 280 g/mol. The van der Waals surface area contributed by atoms with E-state index in [2.05, 4.69) is 10.3 Å². The van der Waals surface area contributed by atoms with E-state index >= 15 is 0 Å². The van der Waals surface area contributed by atoms with Crippen molar-refractivity contribution in [3.8, 4) is 0 Å². The third-order valence-corrected chi connectivity index (χ3v) is 3.29. The lowest BCUT2D eigenvalue weighted by atomic mass is 10.2. The van der Waals surface area contributed by atoms with E-state index in [-0.39, 0.29) is 18.1 Å². The highest BCUT2D eigenvalue weighted by Gasteiger charge is 2.25. The summed E-state index contributed by atoms with van der Waals surface area (Å²) in [5, 5.41) is 7.81. The Balaban J connectivity index is 2.15. The van der Waals surface area contributed by atoms with E-state index in [0.29, 0.717) is 18.7 Å². The van der Waals surface area contributed by atoms with Crippen LogP contribution in [0.5, 0.6) is 0 Å². The molecule has 20 heavy (non-hydrogen) atoms. The van der Waals surface area contributed by atoms with Crippen LogP contribution in [0.3, 0.4) is 0 Å². The lowest BCUT2D eigenvalue weighted by molar-refractivity contribution is -0.135. The number of hydrogen-bond donors (Lipinski definition) is 0. The van der Waals surface area contributed by atoms with E-state index in [4.69, 9.17) is 4.74 Å². The maximum absolute atomic E-state index is 12.0. The first kappa shape index (κ1) is 14.5. The largest absolute Gasteiger partial charge is 0.461 e. The van der Waals surface area contributed by atoms with E-state index < -0.39 is 5.97 Å². The summed E-state index contributed by atoms with van der Waals surface area (Å²) in [7, 11) is 0. The second kappa shape index (κ2) is 6.49. The van der Waals surface area contributed by atoms with Gasteiger partial charge in [0, 0.05) is 13.1 Å². The molecular formula is C13H20N4O3. The summed E-state index contributed by atoms with van der Waals surface area (Å²) in [5.41, 5.74) is 0.907. The summed E-state index contributed by atoms with van der Waals surface area (Å²) in [6, 6.07) is 0. The Morgan fingerprint density at radius 3 is 2.60 bits per heavy atom. The molecule has 1 aromatic heterocycles. The van der Waals surface area contributed by atoms with Gasteiger partial charge >= 0.3 is 5.97 Å². The smallest absolute Gasteiger partial charge is 0.360 e. The van der Waals surface area contributed by atoms with Crippen LogP contribution in [0, 0.1) is 0 Å². The van der Waals surface area contributed by atoms with E-state index in [1.54, 1.807) is 11.8 Å². The Morgan fingerprint density at radius 2 is 2.05 bits per heavy atom. The standard InChI is InChI=1S/C13H20N4O3/c1-3-6-10-12(13(19)20-4-2)14-15-17(10)9-11(18)16-7-5-8-16/h3-9H2,1-2H3. The molecule has 0 aliphatic carbocycles. The molecule has 0 aromatic carbocycles. The number of esters is 1. The second-order valence-corrected chi connectivity index (χ2v) is 4.75. The van der Waals surface area contributed by atoms with Gasteiger partial charge in [0.2, 0.25) is 5.91 Å². The molecule has 1 aromatic rings. The third kappa shape index (κ3) is 2.97. The van der Waals surface area contributed by atoms with Crippen molar-refractivity contribution in [1.29, 1.82) is 0 Å². The third-order valence-electron chi connectivity index (χ3n) is 3.29. The zero-order valence-electron chi connectivity index (χ0n) is 12.0. The first-order valence-electron chi connectivity index (χ1n) is 7.04. The van der Waals surface area contributed by atoms with Gasteiger partial charge in [-0.05, 0) is 19.8 Å². The molecule has 0 radical (unpaired) electrons. The summed E-state index contributed by atoms with van der Waals surface area (Å²) in [5.74, 6) is -0.451. The highest BCUT2D eigenvalue weighted by atomic mass is 16.5. The number of carbonyl (C=O) groups excluding carboxylic acids is 2. The lowest BCUT2D eigenvalue weighted by Crippen LogP contribution is -2.44. The number of ether oxygens (including phenoxy) is 1. The van der Waals surface area contributed by atoms with Gasteiger partial charge in [0.25, 0.3) is 0 Å². The molecule has 0 unspecified atom stereocenters. The summed E-state index contributed by atoms with van der Waals surface area (Å²) in [4.78, 5) is 25.6. The van der Waals surface area contributed by atoms with Crippen molar-refractivity contribution >= 4 is 11.9 Å². The van der Waals surface area contributed by atoms with Crippen molar-refractivity contribution in [1.82, 2.24) is 19.9 Å². The molecule has 0 N–H and O–H groups in total. The minimum atomic E-state index is -0.474. The van der Waals surface area contributed by atoms with Gasteiger partial charge in [-0.1, -0.05) is 18.6 Å². The Labute approximate surface area is 117 Å². The van der Waals surface area contributed by atoms with Gasteiger partial charge in [-0.15, -0.1) is 5.10 Å². The Morgan fingerprint density at radius 1 is 1.30 bits per heavy atom. The zero-order valence-corrected chi connectivity index (χ0v) is 12.0. The molecule has 0 bridgehead atoms. The molecule has 0 spiro atoms. The lowest BCUT2D eigenvalue weighted by Gasteiger charge is -2.30. The molecule has 7 nitrogen and oxygen atoms in total. The average Bonchev–Trinajstić information content (AvgIpc) is 2.71. The van der Waals surface area contributed by atoms with Crippen LogP contribution in [0.25, 0.3) is 0 Å². The molecule has 1 saturated heterocycles. The molecule has 2 heterocycles. The van der Waals surface area contributed by atoms with Crippen LogP contribution < -0.4 is 0 Å². The number of amides is 1. The van der Waals surface area contributed by atoms with Crippen LogP contribution in [-0.4, -0.2) is 51.5 Å². The van der Waals surface area contributed by atoms with Crippen LogP contribution in [0.15, 0.2) is 0 Å².